The highest BCUT2D eigenvalue weighted by Crippen LogP contribution is 2.41. The van der Waals surface area contributed by atoms with Gasteiger partial charge in [0, 0.05) is 18.6 Å². The first-order chi connectivity index (χ1) is 8.46. The average Bonchev–Trinajstić information content (AvgIpc) is 3.13. The van der Waals surface area contributed by atoms with Crippen LogP contribution in [0.15, 0.2) is 0 Å². The monoisotopic (exact) mass is 274 g/mol. The molecular weight excluding hydrogens is 248 g/mol. The topological polar surface area (TPSA) is 63.4 Å². The van der Waals surface area contributed by atoms with Gasteiger partial charge in [-0.25, -0.2) is 8.42 Å². The van der Waals surface area contributed by atoms with E-state index in [1.54, 1.807) is 4.31 Å². The number of rotatable bonds is 5. The SMILES string of the molecule is CCN(C1(CN)CCCC(C)C1)S(=O)(=O)C1CC1. The molecule has 4 nitrogen and oxygen atoms in total. The molecule has 18 heavy (non-hydrogen) atoms. The largest absolute Gasteiger partial charge is 0.329 e. The van der Waals surface area contributed by atoms with Crippen molar-refractivity contribution in [2.45, 2.75) is 63.2 Å². The minimum Gasteiger partial charge on any atom is -0.329 e. The van der Waals surface area contributed by atoms with Crippen LogP contribution in [-0.4, -0.2) is 36.6 Å². The van der Waals surface area contributed by atoms with Crippen LogP contribution >= 0.6 is 0 Å². The van der Waals surface area contributed by atoms with E-state index in [-0.39, 0.29) is 10.8 Å². The van der Waals surface area contributed by atoms with E-state index in [1.807, 2.05) is 6.92 Å². The van der Waals surface area contributed by atoms with Gasteiger partial charge in [-0.15, -0.1) is 0 Å². The highest BCUT2D eigenvalue weighted by molar-refractivity contribution is 7.90. The van der Waals surface area contributed by atoms with Crippen molar-refractivity contribution in [2.24, 2.45) is 11.7 Å². The summed E-state index contributed by atoms with van der Waals surface area (Å²) in [6, 6.07) is 0. The number of nitrogens with two attached hydrogens (primary N) is 1. The third kappa shape index (κ3) is 2.45. The Kier molecular flexibility index (Phi) is 4.04. The Labute approximate surface area is 111 Å². The summed E-state index contributed by atoms with van der Waals surface area (Å²) >= 11 is 0. The normalized spacial score (nSPS) is 33.9. The zero-order valence-electron chi connectivity index (χ0n) is 11.6. The van der Waals surface area contributed by atoms with Gasteiger partial charge in [-0.1, -0.05) is 26.7 Å². The standard InChI is InChI=1S/C13H26N2O2S/c1-3-15(18(16,17)12-6-7-12)13(10-14)8-4-5-11(2)9-13/h11-12H,3-10,14H2,1-2H3. The van der Waals surface area contributed by atoms with Crippen molar-refractivity contribution in [3.8, 4) is 0 Å². The lowest BCUT2D eigenvalue weighted by Gasteiger charge is -2.46. The van der Waals surface area contributed by atoms with Gasteiger partial charge in [0.05, 0.1) is 5.25 Å². The summed E-state index contributed by atoms with van der Waals surface area (Å²) in [5, 5.41) is -0.127. The van der Waals surface area contributed by atoms with Crippen LogP contribution in [0, 0.1) is 5.92 Å². The average molecular weight is 274 g/mol. The first-order valence-electron chi connectivity index (χ1n) is 7.18. The van der Waals surface area contributed by atoms with Gasteiger partial charge in [-0.2, -0.15) is 4.31 Å². The maximum absolute atomic E-state index is 12.6. The molecule has 2 atom stereocenters. The van der Waals surface area contributed by atoms with E-state index in [9.17, 15) is 8.42 Å². The molecule has 2 saturated carbocycles. The minimum atomic E-state index is -3.12. The molecule has 2 rings (SSSR count). The maximum atomic E-state index is 12.6. The van der Waals surface area contributed by atoms with Crippen LogP contribution < -0.4 is 5.73 Å². The van der Waals surface area contributed by atoms with E-state index < -0.39 is 10.0 Å². The molecule has 0 spiro atoms. The number of hydrogen-bond donors (Lipinski definition) is 1. The number of hydrogen-bond acceptors (Lipinski definition) is 3. The van der Waals surface area contributed by atoms with Crippen LogP contribution in [-0.2, 0) is 10.0 Å². The van der Waals surface area contributed by atoms with Crippen molar-refractivity contribution in [3.63, 3.8) is 0 Å². The van der Waals surface area contributed by atoms with Crippen LogP contribution in [0.1, 0.15) is 52.4 Å². The molecule has 0 aromatic rings. The zero-order chi connectivity index (χ0) is 13.4. The van der Waals surface area contributed by atoms with Gasteiger partial charge in [-0.3, -0.25) is 0 Å². The summed E-state index contributed by atoms with van der Waals surface area (Å²) in [6.45, 7) is 5.16. The molecule has 106 valence electrons. The van der Waals surface area contributed by atoms with Crippen molar-refractivity contribution in [2.75, 3.05) is 13.1 Å². The summed E-state index contributed by atoms with van der Waals surface area (Å²) in [5.41, 5.74) is 5.68. The molecule has 0 aliphatic heterocycles. The van der Waals surface area contributed by atoms with Gasteiger partial charge in [0.1, 0.15) is 0 Å². The molecule has 2 unspecified atom stereocenters. The van der Waals surface area contributed by atoms with Crippen molar-refractivity contribution in [1.82, 2.24) is 4.31 Å². The zero-order valence-corrected chi connectivity index (χ0v) is 12.4. The predicted molar refractivity (Wildman–Crippen MR) is 73.7 cm³/mol. The molecule has 2 aliphatic carbocycles. The Bertz CT molecular complexity index is 392. The van der Waals surface area contributed by atoms with Gasteiger partial charge < -0.3 is 5.73 Å². The van der Waals surface area contributed by atoms with E-state index >= 15 is 0 Å². The highest BCUT2D eigenvalue weighted by Gasteiger charge is 2.49. The molecule has 0 amide bonds. The number of sulfonamides is 1. The molecule has 5 heteroatoms. The van der Waals surface area contributed by atoms with Crippen molar-refractivity contribution in [3.05, 3.63) is 0 Å². The van der Waals surface area contributed by atoms with Gasteiger partial charge in [-0.05, 0) is 31.6 Å². The second kappa shape index (κ2) is 5.10. The first kappa shape index (κ1) is 14.3. The Morgan fingerprint density at radius 2 is 2.00 bits per heavy atom. The van der Waals surface area contributed by atoms with Crippen LogP contribution in [0.3, 0.4) is 0 Å². The van der Waals surface area contributed by atoms with Crippen molar-refractivity contribution >= 4 is 10.0 Å². The molecule has 2 aliphatic rings. The third-order valence-electron chi connectivity index (χ3n) is 4.52. The fraction of sp³-hybridized carbons (Fsp3) is 1.00. The van der Waals surface area contributed by atoms with Crippen LogP contribution in [0.25, 0.3) is 0 Å². The molecule has 2 fully saturated rings. The van der Waals surface area contributed by atoms with Gasteiger partial charge in [0.25, 0.3) is 0 Å². The summed E-state index contributed by atoms with van der Waals surface area (Å²) in [5.74, 6) is 0.575. The fourth-order valence-corrected chi connectivity index (χ4v) is 5.71. The molecule has 0 heterocycles. The Balaban J connectivity index is 2.28. The lowest BCUT2D eigenvalue weighted by atomic mass is 9.76. The van der Waals surface area contributed by atoms with E-state index in [4.69, 9.17) is 5.73 Å². The molecule has 2 N–H and O–H groups in total. The molecule has 0 aromatic heterocycles. The lowest BCUT2D eigenvalue weighted by Crippen LogP contribution is -2.58. The highest BCUT2D eigenvalue weighted by atomic mass is 32.2. The number of likely N-dealkylation sites (N-methyl/N-ethyl adjacent to an activating group) is 1. The van der Waals surface area contributed by atoms with E-state index in [0.717, 1.165) is 32.1 Å². The Hall–Kier alpha value is -0.130. The predicted octanol–water partition coefficient (Wildman–Crippen LogP) is 1.71. The van der Waals surface area contributed by atoms with Gasteiger partial charge >= 0.3 is 0 Å². The van der Waals surface area contributed by atoms with Gasteiger partial charge in [0.2, 0.25) is 10.0 Å². The number of nitrogens with zero attached hydrogens (tertiary/aromatic N) is 1. The van der Waals surface area contributed by atoms with Crippen molar-refractivity contribution in [1.29, 1.82) is 0 Å². The minimum absolute atomic E-state index is 0.127. The summed E-state index contributed by atoms with van der Waals surface area (Å²) in [4.78, 5) is 0. The maximum Gasteiger partial charge on any atom is 0.217 e. The molecule has 0 radical (unpaired) electrons. The van der Waals surface area contributed by atoms with Crippen LogP contribution in [0.2, 0.25) is 0 Å². The summed E-state index contributed by atoms with van der Waals surface area (Å²) in [7, 11) is -3.12. The van der Waals surface area contributed by atoms with E-state index in [1.165, 1.54) is 6.42 Å². The summed E-state index contributed by atoms with van der Waals surface area (Å²) < 4.78 is 26.9. The first-order valence-corrected chi connectivity index (χ1v) is 8.68. The van der Waals surface area contributed by atoms with Crippen molar-refractivity contribution < 1.29 is 8.42 Å². The second-order valence-electron chi connectivity index (χ2n) is 6.04. The fourth-order valence-electron chi connectivity index (χ4n) is 3.48. The lowest BCUT2D eigenvalue weighted by molar-refractivity contribution is 0.112. The quantitative estimate of drug-likeness (QED) is 0.830. The second-order valence-corrected chi connectivity index (χ2v) is 8.18. The molecular formula is C13H26N2O2S. The van der Waals surface area contributed by atoms with Crippen LogP contribution in [0.5, 0.6) is 0 Å². The molecule has 0 bridgehead atoms. The Morgan fingerprint density at radius 1 is 1.33 bits per heavy atom. The van der Waals surface area contributed by atoms with Gasteiger partial charge in [0.15, 0.2) is 0 Å². The Morgan fingerprint density at radius 3 is 2.44 bits per heavy atom. The van der Waals surface area contributed by atoms with E-state index in [2.05, 4.69) is 6.92 Å². The summed E-state index contributed by atoms with van der Waals surface area (Å²) in [6.07, 6.45) is 5.79. The van der Waals surface area contributed by atoms with E-state index in [0.29, 0.717) is 19.0 Å². The molecule has 0 saturated heterocycles. The molecule has 0 aromatic carbocycles. The third-order valence-corrected chi connectivity index (χ3v) is 7.09. The van der Waals surface area contributed by atoms with Crippen LogP contribution in [0.4, 0.5) is 0 Å². The smallest absolute Gasteiger partial charge is 0.217 e.